The summed E-state index contributed by atoms with van der Waals surface area (Å²) in [6.07, 6.45) is -34.5. The van der Waals surface area contributed by atoms with Gasteiger partial charge in [-0.2, -0.15) is 79.0 Å². The molecule has 0 saturated carbocycles. The fraction of sp³-hybridized carbons (Fsp3) is 0.571. The minimum absolute atomic E-state index is 0.0251. The van der Waals surface area contributed by atoms with Crippen LogP contribution < -0.4 is 14.0 Å². The number of hydrogen-bond donors (Lipinski definition) is 0. The first-order valence-electron chi connectivity index (χ1n) is 20.7. The number of ether oxygens (including phenoxy) is 2. The van der Waals surface area contributed by atoms with Gasteiger partial charge in [0.1, 0.15) is 17.2 Å². The Kier molecular flexibility index (Phi) is 18.4. The summed E-state index contributed by atoms with van der Waals surface area (Å²) < 4.78 is 287. The lowest BCUT2D eigenvalue weighted by molar-refractivity contribution is -1.05. The summed E-state index contributed by atoms with van der Waals surface area (Å²) in [4.78, 5) is 0. The number of quaternary nitrogens is 1. The van der Waals surface area contributed by atoms with Crippen molar-refractivity contribution in [3.63, 3.8) is 0 Å². The molecule has 0 aliphatic rings. The molecule has 0 amide bonds. The van der Waals surface area contributed by atoms with Gasteiger partial charge in [0, 0.05) is 12.8 Å². The van der Waals surface area contributed by atoms with Gasteiger partial charge < -0.3 is 23.4 Å². The molecule has 0 spiro atoms. The van der Waals surface area contributed by atoms with Crippen molar-refractivity contribution in [2.24, 2.45) is 0 Å². The number of benzene rings is 3. The van der Waals surface area contributed by atoms with Crippen LogP contribution in [-0.2, 0) is 52.3 Å². The van der Waals surface area contributed by atoms with Crippen molar-refractivity contribution >= 4 is 7.32 Å². The summed E-state index contributed by atoms with van der Waals surface area (Å²) in [6, 6.07) is -1.88. The number of unbranched alkanes of at least 4 members (excludes halogenated alkanes) is 2. The topological polar surface area (TPSA) is 46.2 Å². The highest BCUT2D eigenvalue weighted by molar-refractivity contribution is 6.39. The van der Waals surface area contributed by atoms with E-state index in [1.807, 2.05) is 0 Å². The first-order chi connectivity index (χ1) is 30.7. The van der Waals surface area contributed by atoms with Crippen LogP contribution in [0.3, 0.4) is 0 Å². The average Bonchev–Trinajstić information content (AvgIpc) is 3.20. The Balaban J connectivity index is 2.73. The molecule has 0 saturated heterocycles. The van der Waals surface area contributed by atoms with Gasteiger partial charge in [-0.1, -0.05) is 40.5 Å². The SMILES string of the molecule is CCCC[N+](CCCC)(C(CC)OCC)C(CC)(OCC)c1c(OB(Oc2cc(C(F)(F)F)cc(C(F)(F)F)c2)Oc2cc(C(F)(F)F)cc(C(F)(F)F)c2)cc(C(F)(F)F)cc1C(F)(F)F. The molecule has 0 aromatic heterocycles. The molecule has 0 radical (unpaired) electrons. The summed E-state index contributed by atoms with van der Waals surface area (Å²) in [5, 5.41) is 0. The monoisotopic (exact) mass is 998 g/mol. The summed E-state index contributed by atoms with van der Waals surface area (Å²) in [5.41, 5.74) is -16.5. The number of nitrogens with zero attached hydrogens (tertiary/aromatic N) is 1. The van der Waals surface area contributed by atoms with Gasteiger partial charge in [-0.3, -0.25) is 4.48 Å². The molecule has 0 aliphatic carbocycles. The van der Waals surface area contributed by atoms with Crippen LogP contribution in [0.15, 0.2) is 48.5 Å². The van der Waals surface area contributed by atoms with E-state index in [2.05, 4.69) is 0 Å². The third-order valence-corrected chi connectivity index (χ3v) is 10.6. The molecule has 0 fully saturated rings. The van der Waals surface area contributed by atoms with E-state index in [1.165, 1.54) is 13.8 Å². The number of rotatable bonds is 21. The Morgan fingerprint density at radius 2 is 0.866 bits per heavy atom. The number of alkyl halides is 18. The van der Waals surface area contributed by atoms with Crippen LogP contribution in [-0.4, -0.2) is 44.3 Å². The van der Waals surface area contributed by atoms with Gasteiger partial charge in [0.25, 0.3) is 0 Å². The zero-order valence-electron chi connectivity index (χ0n) is 36.6. The van der Waals surface area contributed by atoms with Crippen molar-refractivity contribution in [2.75, 3.05) is 26.3 Å². The molecule has 6 nitrogen and oxygen atoms in total. The maximum Gasteiger partial charge on any atom is 0.864 e. The van der Waals surface area contributed by atoms with Gasteiger partial charge in [-0.25, -0.2) is 0 Å². The highest BCUT2D eigenvalue weighted by atomic mass is 19.4. The van der Waals surface area contributed by atoms with E-state index in [4.69, 9.17) is 23.4 Å². The van der Waals surface area contributed by atoms with E-state index < -0.39 is 142 Å². The molecule has 0 N–H and O–H groups in total. The van der Waals surface area contributed by atoms with E-state index >= 15 is 13.2 Å². The second-order valence-corrected chi connectivity index (χ2v) is 15.1. The lowest BCUT2D eigenvalue weighted by atomic mass is 9.85. The second kappa shape index (κ2) is 21.6. The lowest BCUT2D eigenvalue weighted by Crippen LogP contribution is -2.69. The van der Waals surface area contributed by atoms with Crippen molar-refractivity contribution in [1.82, 2.24) is 0 Å². The molecule has 2 atom stereocenters. The highest BCUT2D eigenvalue weighted by Gasteiger charge is 2.61. The molecular weight excluding hydrogens is 951 g/mol. The van der Waals surface area contributed by atoms with Crippen molar-refractivity contribution in [1.29, 1.82) is 0 Å². The summed E-state index contributed by atoms with van der Waals surface area (Å²) in [6.45, 7) is 8.44. The highest BCUT2D eigenvalue weighted by Crippen LogP contribution is 2.54. The molecule has 25 heteroatoms. The molecule has 378 valence electrons. The van der Waals surface area contributed by atoms with Crippen molar-refractivity contribution in [2.45, 2.75) is 129 Å². The van der Waals surface area contributed by atoms with E-state index in [9.17, 15) is 65.9 Å². The van der Waals surface area contributed by atoms with Crippen molar-refractivity contribution in [3.8, 4) is 17.2 Å². The van der Waals surface area contributed by atoms with Crippen LogP contribution in [0, 0.1) is 0 Å². The molecule has 0 heterocycles. The third kappa shape index (κ3) is 13.7. The Morgan fingerprint density at radius 3 is 1.16 bits per heavy atom. The molecule has 3 aromatic rings. The molecule has 67 heavy (non-hydrogen) atoms. The first-order valence-corrected chi connectivity index (χ1v) is 20.7. The molecule has 0 bridgehead atoms. The van der Waals surface area contributed by atoms with Crippen LogP contribution in [0.5, 0.6) is 17.2 Å². The van der Waals surface area contributed by atoms with Gasteiger partial charge in [0.05, 0.1) is 65.2 Å². The summed E-state index contributed by atoms with van der Waals surface area (Å²) in [7, 11) is -3.38. The van der Waals surface area contributed by atoms with Gasteiger partial charge in [0.15, 0.2) is 6.23 Å². The van der Waals surface area contributed by atoms with Crippen LogP contribution in [0.25, 0.3) is 0 Å². The number of hydrogen-bond acceptors (Lipinski definition) is 5. The predicted octanol–water partition coefficient (Wildman–Crippen LogP) is 15.1. The molecule has 0 aliphatic heterocycles. The quantitative estimate of drug-likeness (QED) is 0.0461. The Morgan fingerprint density at radius 1 is 0.478 bits per heavy atom. The average molecular weight is 999 g/mol. The van der Waals surface area contributed by atoms with E-state index in [0.29, 0.717) is 12.8 Å². The summed E-state index contributed by atoms with van der Waals surface area (Å²) in [5.74, 6) is -4.84. The van der Waals surface area contributed by atoms with Gasteiger partial charge >= 0.3 is 44.4 Å². The van der Waals surface area contributed by atoms with E-state index in [0.717, 1.165) is 0 Å². The second-order valence-electron chi connectivity index (χ2n) is 15.1. The van der Waals surface area contributed by atoms with E-state index in [-0.39, 0.29) is 75.4 Å². The minimum atomic E-state index is -5.80. The maximum atomic E-state index is 15.7. The summed E-state index contributed by atoms with van der Waals surface area (Å²) >= 11 is 0. The molecule has 3 rings (SSSR count). The van der Waals surface area contributed by atoms with E-state index in [1.54, 1.807) is 27.7 Å². The number of halogens is 18. The molecule has 3 aromatic carbocycles. The fourth-order valence-corrected chi connectivity index (χ4v) is 7.82. The molecule has 2 unspecified atom stereocenters. The van der Waals surface area contributed by atoms with Gasteiger partial charge in [-0.05, 0) is 75.2 Å². The van der Waals surface area contributed by atoms with Crippen LogP contribution in [0.4, 0.5) is 79.0 Å². The lowest BCUT2D eigenvalue weighted by Gasteiger charge is -2.56. The smallest absolute Gasteiger partial charge is 0.490 e. The maximum absolute atomic E-state index is 15.7. The third-order valence-electron chi connectivity index (χ3n) is 10.6. The van der Waals surface area contributed by atoms with Crippen molar-refractivity contribution < 1.29 is 107 Å². The standard InChI is InChI=1S/C42H47BF18NO5/c1-7-13-15-62(16-14-8-2,34(9-3)63-11-5)36(10-4,64-12-6)35-32(42(59,60)61)23-29(41(56,57)58)24-33(35)67-43(65-30-19-25(37(44,45)46)17-26(20-30)38(47,48)49)66-31-21-27(39(50,51)52)18-28(22-31)40(53,54)55/h17-24,34H,7-16H2,1-6H3/q+1. The molecular formula is C42H47BF18NO5+. The van der Waals surface area contributed by atoms with Crippen molar-refractivity contribution in [3.05, 3.63) is 87.5 Å². The largest absolute Gasteiger partial charge is 0.864 e. The minimum Gasteiger partial charge on any atom is -0.490 e. The Bertz CT molecular complexity index is 1930. The predicted molar refractivity (Wildman–Crippen MR) is 206 cm³/mol. The fourth-order valence-electron chi connectivity index (χ4n) is 7.82. The Labute approximate surface area is 374 Å². The van der Waals surface area contributed by atoms with Crippen LogP contribution in [0.2, 0.25) is 0 Å². The zero-order valence-corrected chi connectivity index (χ0v) is 36.6. The Hall–Kier alpha value is -4.26. The zero-order chi connectivity index (χ0) is 51.2. The first kappa shape index (κ1) is 57.1. The normalized spacial score (nSPS) is 14.7. The van der Waals surface area contributed by atoms with Crippen LogP contribution in [0.1, 0.15) is 119 Å². The van der Waals surface area contributed by atoms with Gasteiger partial charge in [-0.15, -0.1) is 0 Å². The van der Waals surface area contributed by atoms with Gasteiger partial charge in [0.2, 0.25) is 5.72 Å². The van der Waals surface area contributed by atoms with Crippen LogP contribution >= 0.6 is 0 Å².